The van der Waals surface area contributed by atoms with E-state index in [2.05, 4.69) is 9.72 Å². The SMILES string of the molecule is CCN(c1csc(-c2ccc(OC(F)(F)F)cc2)n1)S(=O)(=O)c1ccc(C)c(C(=O)OC)c1. The highest BCUT2D eigenvalue weighted by Crippen LogP contribution is 2.32. The van der Waals surface area contributed by atoms with Crippen LogP contribution in [0.2, 0.25) is 0 Å². The highest BCUT2D eigenvalue weighted by molar-refractivity contribution is 7.92. The lowest BCUT2D eigenvalue weighted by molar-refractivity contribution is -0.274. The number of hydrogen-bond acceptors (Lipinski definition) is 7. The van der Waals surface area contributed by atoms with Crippen molar-refractivity contribution < 1.29 is 35.9 Å². The fraction of sp³-hybridized carbons (Fsp3) is 0.238. The topological polar surface area (TPSA) is 85.8 Å². The number of carbonyl (C=O) groups is 1. The lowest BCUT2D eigenvalue weighted by Crippen LogP contribution is -2.31. The Bertz CT molecular complexity index is 1260. The summed E-state index contributed by atoms with van der Waals surface area (Å²) < 4.78 is 73.2. The molecule has 2 aromatic carbocycles. The molecule has 0 spiro atoms. The summed E-state index contributed by atoms with van der Waals surface area (Å²) in [5.74, 6) is -0.878. The van der Waals surface area contributed by atoms with Crippen LogP contribution in [0.25, 0.3) is 10.6 Å². The summed E-state index contributed by atoms with van der Waals surface area (Å²) in [4.78, 5) is 16.2. The lowest BCUT2D eigenvalue weighted by atomic mass is 10.1. The number of nitrogens with zero attached hydrogens (tertiary/aromatic N) is 2. The van der Waals surface area contributed by atoms with Gasteiger partial charge in [0.15, 0.2) is 5.82 Å². The number of aryl methyl sites for hydroxylation is 1. The van der Waals surface area contributed by atoms with Crippen molar-refractivity contribution in [3.8, 4) is 16.3 Å². The Balaban J connectivity index is 1.91. The molecular weight excluding hydrogens is 481 g/mol. The summed E-state index contributed by atoms with van der Waals surface area (Å²) in [5, 5.41) is 1.95. The summed E-state index contributed by atoms with van der Waals surface area (Å²) in [6.45, 7) is 3.36. The van der Waals surface area contributed by atoms with E-state index in [1.807, 2.05) is 0 Å². The number of benzene rings is 2. The molecule has 0 aliphatic carbocycles. The van der Waals surface area contributed by atoms with E-state index in [1.54, 1.807) is 13.8 Å². The summed E-state index contributed by atoms with van der Waals surface area (Å²) in [7, 11) is -2.85. The number of aromatic nitrogens is 1. The predicted molar refractivity (Wildman–Crippen MR) is 117 cm³/mol. The van der Waals surface area contributed by atoms with E-state index in [0.29, 0.717) is 16.1 Å². The number of sulfonamides is 1. The number of halogens is 3. The fourth-order valence-corrected chi connectivity index (χ4v) is 5.31. The second-order valence-corrected chi connectivity index (χ2v) is 9.44. The molecule has 0 aliphatic heterocycles. The van der Waals surface area contributed by atoms with Crippen LogP contribution >= 0.6 is 11.3 Å². The summed E-state index contributed by atoms with van der Waals surface area (Å²) >= 11 is 1.14. The molecule has 0 bridgehead atoms. The van der Waals surface area contributed by atoms with Crippen LogP contribution in [0.15, 0.2) is 52.7 Å². The van der Waals surface area contributed by atoms with Crippen LogP contribution in [0.3, 0.4) is 0 Å². The maximum atomic E-state index is 13.3. The molecule has 176 valence electrons. The molecule has 0 N–H and O–H groups in total. The van der Waals surface area contributed by atoms with Crippen molar-refractivity contribution in [2.45, 2.75) is 25.1 Å². The Morgan fingerprint density at radius 3 is 2.39 bits per heavy atom. The van der Waals surface area contributed by atoms with Gasteiger partial charge < -0.3 is 9.47 Å². The molecule has 0 saturated carbocycles. The number of rotatable bonds is 7. The molecule has 1 heterocycles. The molecule has 0 amide bonds. The largest absolute Gasteiger partial charge is 0.573 e. The molecule has 33 heavy (non-hydrogen) atoms. The molecule has 12 heteroatoms. The molecule has 0 unspecified atom stereocenters. The van der Waals surface area contributed by atoms with Crippen LogP contribution in [0.5, 0.6) is 5.75 Å². The number of alkyl halides is 3. The summed E-state index contributed by atoms with van der Waals surface area (Å²) in [6, 6.07) is 9.27. The zero-order valence-corrected chi connectivity index (χ0v) is 19.3. The molecule has 0 saturated heterocycles. The Morgan fingerprint density at radius 1 is 1.15 bits per heavy atom. The zero-order chi connectivity index (χ0) is 24.4. The first-order valence-electron chi connectivity index (χ1n) is 9.49. The van der Waals surface area contributed by atoms with Crippen LogP contribution in [0.4, 0.5) is 19.0 Å². The summed E-state index contributed by atoms with van der Waals surface area (Å²) in [6.07, 6.45) is -4.80. The number of hydrogen-bond donors (Lipinski definition) is 0. The van der Waals surface area contributed by atoms with E-state index in [4.69, 9.17) is 4.74 Å². The highest BCUT2D eigenvalue weighted by atomic mass is 32.2. The number of carbonyl (C=O) groups excluding carboxylic acids is 1. The maximum Gasteiger partial charge on any atom is 0.573 e. The third kappa shape index (κ3) is 5.45. The van der Waals surface area contributed by atoms with Gasteiger partial charge in [0.05, 0.1) is 17.6 Å². The van der Waals surface area contributed by atoms with Crippen molar-refractivity contribution in [3.63, 3.8) is 0 Å². The predicted octanol–water partition coefficient (Wildman–Crippen LogP) is 5.02. The molecule has 0 atom stereocenters. The van der Waals surface area contributed by atoms with Gasteiger partial charge >= 0.3 is 12.3 Å². The standard InChI is InChI=1S/C21H19F3N2O5S2/c1-4-26(33(28,29)16-10-5-13(2)17(11-16)20(27)30-3)18-12-32-19(25-18)14-6-8-15(9-7-14)31-21(22,23)24/h5-12H,4H2,1-3H3. The van der Waals surface area contributed by atoms with Gasteiger partial charge in [0.2, 0.25) is 0 Å². The Morgan fingerprint density at radius 2 is 1.82 bits per heavy atom. The van der Waals surface area contributed by atoms with Crippen LogP contribution in [0.1, 0.15) is 22.8 Å². The average molecular weight is 501 g/mol. The second kappa shape index (κ2) is 9.40. The molecular formula is C21H19F3N2O5S2. The van der Waals surface area contributed by atoms with Gasteiger partial charge in [0.1, 0.15) is 10.8 Å². The number of thiazole rings is 1. The van der Waals surface area contributed by atoms with Gasteiger partial charge in [-0.2, -0.15) is 0 Å². The van der Waals surface area contributed by atoms with Gasteiger partial charge in [0.25, 0.3) is 10.0 Å². The van der Waals surface area contributed by atoms with E-state index in [0.717, 1.165) is 27.8 Å². The number of methoxy groups -OCH3 is 1. The fourth-order valence-electron chi connectivity index (χ4n) is 2.99. The number of esters is 1. The van der Waals surface area contributed by atoms with E-state index in [-0.39, 0.29) is 28.6 Å². The van der Waals surface area contributed by atoms with Gasteiger partial charge in [-0.15, -0.1) is 24.5 Å². The van der Waals surface area contributed by atoms with Crippen molar-refractivity contribution in [1.29, 1.82) is 0 Å². The van der Waals surface area contributed by atoms with Gasteiger partial charge in [-0.05, 0) is 55.8 Å². The molecule has 0 radical (unpaired) electrons. The minimum atomic E-state index is -4.80. The van der Waals surface area contributed by atoms with Gasteiger partial charge in [-0.25, -0.2) is 22.5 Å². The Kier molecular flexibility index (Phi) is 6.98. The van der Waals surface area contributed by atoms with Crippen LogP contribution in [0, 0.1) is 6.92 Å². The molecule has 3 aromatic rings. The Hall–Kier alpha value is -3.12. The van der Waals surface area contributed by atoms with Crippen LogP contribution in [-0.2, 0) is 14.8 Å². The first-order chi connectivity index (χ1) is 15.5. The molecule has 1 aromatic heterocycles. The molecule has 7 nitrogen and oxygen atoms in total. The average Bonchev–Trinajstić information content (AvgIpc) is 3.22. The molecule has 0 aliphatic rings. The number of ether oxygens (including phenoxy) is 2. The van der Waals surface area contributed by atoms with Crippen molar-refractivity contribution in [1.82, 2.24) is 4.98 Å². The van der Waals surface area contributed by atoms with Crippen molar-refractivity contribution in [2.75, 3.05) is 18.0 Å². The maximum absolute atomic E-state index is 13.3. The van der Waals surface area contributed by atoms with Gasteiger partial charge in [-0.3, -0.25) is 0 Å². The van der Waals surface area contributed by atoms with E-state index >= 15 is 0 Å². The van der Waals surface area contributed by atoms with E-state index < -0.39 is 22.4 Å². The van der Waals surface area contributed by atoms with Gasteiger partial charge in [-0.1, -0.05) is 6.07 Å². The molecule has 0 fully saturated rings. The van der Waals surface area contributed by atoms with Crippen molar-refractivity contribution >= 4 is 33.1 Å². The first-order valence-corrected chi connectivity index (χ1v) is 11.8. The molecule has 3 rings (SSSR count). The highest BCUT2D eigenvalue weighted by Gasteiger charge is 2.31. The zero-order valence-electron chi connectivity index (χ0n) is 17.7. The lowest BCUT2D eigenvalue weighted by Gasteiger charge is -2.21. The first kappa shape index (κ1) is 24.5. The smallest absolute Gasteiger partial charge is 0.465 e. The third-order valence-corrected chi connectivity index (χ3v) is 7.33. The normalized spacial score (nSPS) is 11.8. The number of anilines is 1. The van der Waals surface area contributed by atoms with Crippen molar-refractivity contribution in [2.24, 2.45) is 0 Å². The van der Waals surface area contributed by atoms with E-state index in [1.165, 1.54) is 42.8 Å². The summed E-state index contributed by atoms with van der Waals surface area (Å²) in [5.41, 5.74) is 1.20. The van der Waals surface area contributed by atoms with E-state index in [9.17, 15) is 26.4 Å². The quantitative estimate of drug-likeness (QED) is 0.424. The minimum absolute atomic E-state index is 0.0608. The minimum Gasteiger partial charge on any atom is -0.465 e. The second-order valence-electron chi connectivity index (χ2n) is 6.72. The van der Waals surface area contributed by atoms with Gasteiger partial charge in [0, 0.05) is 17.5 Å². The Labute approximate surface area is 192 Å². The third-order valence-electron chi connectivity index (χ3n) is 4.57. The van der Waals surface area contributed by atoms with Crippen LogP contribution < -0.4 is 9.04 Å². The van der Waals surface area contributed by atoms with Crippen molar-refractivity contribution in [3.05, 3.63) is 59.0 Å². The van der Waals surface area contributed by atoms with Crippen LogP contribution in [-0.4, -0.2) is 39.4 Å². The monoisotopic (exact) mass is 500 g/mol.